The monoisotopic (exact) mass is 257 g/mol. The summed E-state index contributed by atoms with van der Waals surface area (Å²) in [5, 5.41) is 4.48. The number of halogens is 1. The molecule has 1 aromatic rings. The highest BCUT2D eigenvalue weighted by atomic mass is 35.5. The average Bonchev–Trinajstić information content (AvgIpc) is 2.81. The fourth-order valence-electron chi connectivity index (χ4n) is 1.98. The Bertz CT molecular complexity index is 262. The van der Waals surface area contributed by atoms with E-state index in [0.717, 1.165) is 13.0 Å². The van der Waals surface area contributed by atoms with E-state index in [2.05, 4.69) is 17.0 Å². The van der Waals surface area contributed by atoms with Gasteiger partial charge >= 0.3 is 0 Å². The van der Waals surface area contributed by atoms with Crippen molar-refractivity contribution in [3.05, 3.63) is 12.7 Å². The zero-order chi connectivity index (χ0) is 12.3. The van der Waals surface area contributed by atoms with Crippen LogP contribution in [0.25, 0.3) is 0 Å². The fraction of sp³-hybridized carbons (Fsp3) is 0.846. The van der Waals surface area contributed by atoms with E-state index in [4.69, 9.17) is 11.6 Å². The standard InChI is InChI=1S/C13H24ClN3/c1-2-8-13(14)9-6-4-3-5-7-10-17-12-15-11-16-17/h11-13H,2-10H2,1H3. The first-order valence-electron chi connectivity index (χ1n) is 6.79. The van der Waals surface area contributed by atoms with Crippen LogP contribution in [0.2, 0.25) is 0 Å². The summed E-state index contributed by atoms with van der Waals surface area (Å²) in [4.78, 5) is 3.92. The molecule has 0 saturated carbocycles. The first kappa shape index (κ1) is 14.5. The Morgan fingerprint density at radius 2 is 1.88 bits per heavy atom. The molecule has 1 heterocycles. The van der Waals surface area contributed by atoms with Gasteiger partial charge < -0.3 is 0 Å². The van der Waals surface area contributed by atoms with Crippen molar-refractivity contribution in [1.82, 2.24) is 14.8 Å². The number of hydrogen-bond acceptors (Lipinski definition) is 2. The maximum Gasteiger partial charge on any atom is 0.137 e. The molecule has 0 saturated heterocycles. The molecule has 0 fully saturated rings. The van der Waals surface area contributed by atoms with Gasteiger partial charge in [0.15, 0.2) is 0 Å². The molecule has 0 aromatic carbocycles. The first-order valence-corrected chi connectivity index (χ1v) is 7.23. The lowest BCUT2D eigenvalue weighted by Crippen LogP contribution is -1.99. The Hall–Kier alpha value is -0.570. The van der Waals surface area contributed by atoms with Crippen molar-refractivity contribution >= 4 is 11.6 Å². The molecule has 0 N–H and O–H groups in total. The normalized spacial score (nSPS) is 12.8. The van der Waals surface area contributed by atoms with Gasteiger partial charge in [0.1, 0.15) is 12.7 Å². The molecule has 1 atom stereocenters. The molecule has 0 aliphatic heterocycles. The maximum atomic E-state index is 6.17. The maximum absolute atomic E-state index is 6.17. The average molecular weight is 258 g/mol. The summed E-state index contributed by atoms with van der Waals surface area (Å²) >= 11 is 6.17. The van der Waals surface area contributed by atoms with Crippen LogP contribution in [0.4, 0.5) is 0 Å². The third-order valence-electron chi connectivity index (χ3n) is 2.97. The van der Waals surface area contributed by atoms with Gasteiger partial charge in [-0.1, -0.05) is 39.0 Å². The highest BCUT2D eigenvalue weighted by Crippen LogP contribution is 2.15. The lowest BCUT2D eigenvalue weighted by molar-refractivity contribution is 0.518. The quantitative estimate of drug-likeness (QED) is 0.468. The molecule has 17 heavy (non-hydrogen) atoms. The number of aromatic nitrogens is 3. The Labute approximate surface area is 110 Å². The molecule has 0 aliphatic rings. The zero-order valence-corrected chi connectivity index (χ0v) is 11.6. The van der Waals surface area contributed by atoms with E-state index >= 15 is 0 Å². The van der Waals surface area contributed by atoms with Crippen molar-refractivity contribution < 1.29 is 0 Å². The number of unbranched alkanes of at least 4 members (excludes halogenated alkanes) is 4. The van der Waals surface area contributed by atoms with Gasteiger partial charge in [-0.15, -0.1) is 11.6 Å². The van der Waals surface area contributed by atoms with Crippen molar-refractivity contribution in [2.24, 2.45) is 0 Å². The molecule has 98 valence electrons. The highest BCUT2D eigenvalue weighted by molar-refractivity contribution is 6.20. The molecular formula is C13H24ClN3. The summed E-state index contributed by atoms with van der Waals surface area (Å²) < 4.78 is 1.90. The van der Waals surface area contributed by atoms with E-state index < -0.39 is 0 Å². The number of hydrogen-bond donors (Lipinski definition) is 0. The molecule has 0 radical (unpaired) electrons. The van der Waals surface area contributed by atoms with Crippen LogP contribution in [-0.2, 0) is 6.54 Å². The molecule has 1 unspecified atom stereocenters. The lowest BCUT2D eigenvalue weighted by atomic mass is 10.1. The van der Waals surface area contributed by atoms with Crippen LogP contribution in [0, 0.1) is 0 Å². The second-order valence-corrected chi connectivity index (χ2v) is 5.22. The van der Waals surface area contributed by atoms with Gasteiger partial charge in [0.2, 0.25) is 0 Å². The van der Waals surface area contributed by atoms with Crippen molar-refractivity contribution in [1.29, 1.82) is 0 Å². The van der Waals surface area contributed by atoms with E-state index in [1.54, 1.807) is 12.7 Å². The van der Waals surface area contributed by atoms with Gasteiger partial charge in [0, 0.05) is 11.9 Å². The number of alkyl halides is 1. The number of nitrogens with zero attached hydrogens (tertiary/aromatic N) is 3. The highest BCUT2D eigenvalue weighted by Gasteiger charge is 2.02. The smallest absolute Gasteiger partial charge is 0.137 e. The predicted molar refractivity (Wildman–Crippen MR) is 72.3 cm³/mol. The lowest BCUT2D eigenvalue weighted by Gasteiger charge is -2.07. The summed E-state index contributed by atoms with van der Waals surface area (Å²) in [6.07, 6.45) is 13.3. The summed E-state index contributed by atoms with van der Waals surface area (Å²) in [7, 11) is 0. The number of aryl methyl sites for hydroxylation is 1. The van der Waals surface area contributed by atoms with Gasteiger partial charge in [-0.25, -0.2) is 4.98 Å². The molecule has 0 aliphatic carbocycles. The predicted octanol–water partition coefficient (Wildman–Crippen LogP) is 4.03. The van der Waals surface area contributed by atoms with Crippen LogP contribution in [0.1, 0.15) is 58.3 Å². The Balaban J connectivity index is 1.84. The number of rotatable bonds is 10. The molecule has 1 rings (SSSR count). The zero-order valence-electron chi connectivity index (χ0n) is 10.8. The Morgan fingerprint density at radius 1 is 1.12 bits per heavy atom. The summed E-state index contributed by atoms with van der Waals surface area (Å²) in [5.41, 5.74) is 0. The second-order valence-electron chi connectivity index (χ2n) is 4.60. The van der Waals surface area contributed by atoms with Crippen molar-refractivity contribution in [2.45, 2.75) is 70.2 Å². The van der Waals surface area contributed by atoms with Gasteiger partial charge in [-0.3, -0.25) is 4.68 Å². The molecule has 4 heteroatoms. The van der Waals surface area contributed by atoms with Crippen molar-refractivity contribution in [3.8, 4) is 0 Å². The van der Waals surface area contributed by atoms with Gasteiger partial charge in [0.25, 0.3) is 0 Å². The van der Waals surface area contributed by atoms with E-state index in [-0.39, 0.29) is 0 Å². The third-order valence-corrected chi connectivity index (χ3v) is 3.41. The molecule has 1 aromatic heterocycles. The largest absolute Gasteiger partial charge is 0.253 e. The summed E-state index contributed by atoms with van der Waals surface area (Å²) in [6.45, 7) is 3.19. The van der Waals surface area contributed by atoms with Crippen LogP contribution in [-0.4, -0.2) is 20.1 Å². The third kappa shape index (κ3) is 7.37. The summed E-state index contributed by atoms with van der Waals surface area (Å²) in [6, 6.07) is 0. The molecule has 0 spiro atoms. The van der Waals surface area contributed by atoms with E-state index in [1.165, 1.54) is 44.9 Å². The molecule has 0 bridgehead atoms. The minimum Gasteiger partial charge on any atom is -0.253 e. The minimum absolute atomic E-state index is 0.398. The Kier molecular flexibility index (Phi) is 8.06. The van der Waals surface area contributed by atoms with Crippen LogP contribution in [0.5, 0.6) is 0 Å². The van der Waals surface area contributed by atoms with Crippen LogP contribution < -0.4 is 0 Å². The van der Waals surface area contributed by atoms with Crippen LogP contribution in [0.3, 0.4) is 0 Å². The van der Waals surface area contributed by atoms with Crippen molar-refractivity contribution in [3.63, 3.8) is 0 Å². The second kappa shape index (κ2) is 9.46. The van der Waals surface area contributed by atoms with Crippen LogP contribution >= 0.6 is 11.6 Å². The van der Waals surface area contributed by atoms with Gasteiger partial charge in [0.05, 0.1) is 0 Å². The van der Waals surface area contributed by atoms with Gasteiger partial charge in [-0.05, 0) is 19.3 Å². The topological polar surface area (TPSA) is 30.7 Å². The minimum atomic E-state index is 0.398. The van der Waals surface area contributed by atoms with E-state index in [1.807, 2.05) is 4.68 Å². The first-order chi connectivity index (χ1) is 8.33. The summed E-state index contributed by atoms with van der Waals surface area (Å²) in [5.74, 6) is 0. The van der Waals surface area contributed by atoms with Crippen LogP contribution in [0.15, 0.2) is 12.7 Å². The SMILES string of the molecule is CCCC(Cl)CCCCCCCn1cncn1. The van der Waals surface area contributed by atoms with Gasteiger partial charge in [-0.2, -0.15) is 5.10 Å². The molecule has 0 amide bonds. The van der Waals surface area contributed by atoms with E-state index in [9.17, 15) is 0 Å². The molecular weight excluding hydrogens is 234 g/mol. The fourth-order valence-corrected chi connectivity index (χ4v) is 2.35. The Morgan fingerprint density at radius 3 is 2.59 bits per heavy atom. The van der Waals surface area contributed by atoms with Crippen molar-refractivity contribution in [2.75, 3.05) is 0 Å². The van der Waals surface area contributed by atoms with E-state index in [0.29, 0.717) is 5.38 Å². The molecule has 3 nitrogen and oxygen atoms in total.